The maximum absolute atomic E-state index is 11.1. The molecule has 0 aliphatic carbocycles. The Labute approximate surface area is 177 Å². The van der Waals surface area contributed by atoms with Crippen molar-refractivity contribution >= 4 is 22.9 Å². The number of hydroxylamine groups is 1. The van der Waals surface area contributed by atoms with Crippen LogP contribution in [0.1, 0.15) is 41.6 Å². The van der Waals surface area contributed by atoms with E-state index in [-0.39, 0.29) is 0 Å². The van der Waals surface area contributed by atoms with Gasteiger partial charge in [0.2, 0.25) is 0 Å². The summed E-state index contributed by atoms with van der Waals surface area (Å²) in [6, 6.07) is 17.4. The van der Waals surface area contributed by atoms with Gasteiger partial charge in [0.15, 0.2) is 0 Å². The Hall–Kier alpha value is -2.89. The van der Waals surface area contributed by atoms with Crippen LogP contribution < -0.4 is 5.48 Å². The number of hydrogen-bond donors (Lipinski definition) is 3. The Kier molecular flexibility index (Phi) is 6.31. The highest BCUT2D eigenvalue weighted by atomic mass is 16.5. The minimum Gasteiger partial charge on any atom is -0.358 e. The lowest BCUT2D eigenvalue weighted by molar-refractivity contribution is -0.124. The van der Waals surface area contributed by atoms with Gasteiger partial charge in [0.05, 0.1) is 0 Å². The van der Waals surface area contributed by atoms with Crippen LogP contribution >= 0.6 is 0 Å². The smallest absolute Gasteiger partial charge is 0.267 e. The van der Waals surface area contributed by atoms with Gasteiger partial charge in [-0.2, -0.15) is 0 Å². The summed E-state index contributed by atoms with van der Waals surface area (Å²) in [7, 11) is 0. The van der Waals surface area contributed by atoms with Crippen LogP contribution in [-0.4, -0.2) is 33.6 Å². The number of carbonyl (C=O) groups is 1. The van der Waals surface area contributed by atoms with E-state index in [9.17, 15) is 4.79 Å². The second kappa shape index (κ2) is 9.28. The maximum atomic E-state index is 11.1. The normalized spacial score (nSPS) is 17.6. The summed E-state index contributed by atoms with van der Waals surface area (Å²) in [5.41, 5.74) is 7.78. The van der Waals surface area contributed by atoms with Crippen LogP contribution in [0.25, 0.3) is 17.0 Å². The second-order valence-electron chi connectivity index (χ2n) is 8.15. The van der Waals surface area contributed by atoms with Crippen LogP contribution in [0.3, 0.4) is 0 Å². The van der Waals surface area contributed by atoms with Gasteiger partial charge in [0.25, 0.3) is 5.91 Å². The number of nitrogens with zero attached hydrogens (tertiary/aromatic N) is 1. The molecule has 3 N–H and O–H groups in total. The van der Waals surface area contributed by atoms with Gasteiger partial charge in [0, 0.05) is 35.3 Å². The molecule has 4 rings (SSSR count). The topological polar surface area (TPSA) is 68.4 Å². The summed E-state index contributed by atoms with van der Waals surface area (Å²) in [4.78, 5) is 17.3. The van der Waals surface area contributed by atoms with Gasteiger partial charge in [-0.25, -0.2) is 5.48 Å². The van der Waals surface area contributed by atoms with E-state index in [0.717, 1.165) is 25.1 Å². The average molecular weight is 404 g/mol. The number of likely N-dealkylation sites (tertiary alicyclic amines) is 1. The van der Waals surface area contributed by atoms with Crippen LogP contribution in [0, 0.1) is 6.92 Å². The van der Waals surface area contributed by atoms with E-state index >= 15 is 0 Å². The zero-order valence-corrected chi connectivity index (χ0v) is 17.4. The minimum absolute atomic E-state index is 0.525. The third-order valence-corrected chi connectivity index (χ3v) is 6.12. The Balaban J connectivity index is 1.47. The van der Waals surface area contributed by atoms with Gasteiger partial charge >= 0.3 is 0 Å². The molecule has 0 radical (unpaired) electrons. The zero-order valence-electron chi connectivity index (χ0n) is 17.4. The predicted molar refractivity (Wildman–Crippen MR) is 120 cm³/mol. The maximum Gasteiger partial charge on any atom is 0.267 e. The van der Waals surface area contributed by atoms with Gasteiger partial charge in [-0.1, -0.05) is 48.9 Å². The molecule has 3 aromatic rings. The molecular weight excluding hydrogens is 374 g/mol. The van der Waals surface area contributed by atoms with Crippen LogP contribution in [0.15, 0.2) is 54.6 Å². The number of benzene rings is 2. The lowest BCUT2D eigenvalue weighted by Crippen LogP contribution is -2.40. The third-order valence-electron chi connectivity index (χ3n) is 6.12. The molecule has 5 heteroatoms. The SMILES string of the molecule is Cc1[nH]c2ccccc2c1CC1CCCCN1Cc1ccc(C=CC(=O)NO)cc1. The number of hydrogen-bond acceptors (Lipinski definition) is 3. The second-order valence-corrected chi connectivity index (χ2v) is 8.15. The van der Waals surface area contributed by atoms with E-state index in [0.29, 0.717) is 6.04 Å². The standard InChI is InChI=1S/C25H29N3O2/c1-18-23(22-7-2-3-8-24(22)26-18)16-21-6-4-5-15-28(21)17-20-11-9-19(10-12-20)13-14-25(29)27-30/h2-3,7-14,21,26,30H,4-6,15-17H2,1H3,(H,27,29). The average Bonchev–Trinajstić information content (AvgIpc) is 3.09. The third kappa shape index (κ3) is 4.64. The molecular formula is C25H29N3O2. The molecule has 0 spiro atoms. The highest BCUT2D eigenvalue weighted by molar-refractivity contribution is 5.90. The van der Waals surface area contributed by atoms with Crippen molar-refractivity contribution in [3.8, 4) is 0 Å². The predicted octanol–water partition coefficient (Wildman–Crippen LogP) is 4.59. The van der Waals surface area contributed by atoms with Crippen molar-refractivity contribution in [2.75, 3.05) is 6.54 Å². The van der Waals surface area contributed by atoms with Crippen molar-refractivity contribution in [3.63, 3.8) is 0 Å². The highest BCUT2D eigenvalue weighted by Crippen LogP contribution is 2.28. The van der Waals surface area contributed by atoms with E-state index < -0.39 is 5.91 Å². The summed E-state index contributed by atoms with van der Waals surface area (Å²) in [5, 5.41) is 9.92. The van der Waals surface area contributed by atoms with Gasteiger partial charge < -0.3 is 4.98 Å². The van der Waals surface area contributed by atoms with Crippen LogP contribution in [-0.2, 0) is 17.8 Å². The molecule has 1 aliphatic rings. The Bertz CT molecular complexity index is 1040. The number of fused-ring (bicyclic) bond motifs is 1. The van der Waals surface area contributed by atoms with E-state index in [2.05, 4.69) is 53.2 Å². The molecule has 0 saturated carbocycles. The Morgan fingerprint density at radius 2 is 2.00 bits per heavy atom. The van der Waals surface area contributed by atoms with Crippen LogP contribution in [0.2, 0.25) is 0 Å². The van der Waals surface area contributed by atoms with Crippen molar-refractivity contribution in [3.05, 3.63) is 77.0 Å². The van der Waals surface area contributed by atoms with Crippen LogP contribution in [0.5, 0.6) is 0 Å². The summed E-state index contributed by atoms with van der Waals surface area (Å²) in [5.74, 6) is -0.525. The fourth-order valence-corrected chi connectivity index (χ4v) is 4.51. The lowest BCUT2D eigenvalue weighted by Gasteiger charge is -2.36. The number of rotatable bonds is 6. The summed E-state index contributed by atoms with van der Waals surface area (Å²) in [6.07, 6.45) is 7.86. The summed E-state index contributed by atoms with van der Waals surface area (Å²) >= 11 is 0. The number of nitrogens with one attached hydrogen (secondary N) is 2. The molecule has 1 fully saturated rings. The van der Waals surface area contributed by atoms with E-state index in [1.54, 1.807) is 11.6 Å². The number of carbonyl (C=O) groups excluding carboxylic acids is 1. The van der Waals surface area contributed by atoms with Gasteiger partial charge in [-0.05, 0) is 61.6 Å². The zero-order chi connectivity index (χ0) is 20.9. The molecule has 1 aromatic heterocycles. The number of H-pyrrole nitrogens is 1. The molecule has 1 amide bonds. The fourth-order valence-electron chi connectivity index (χ4n) is 4.51. The van der Waals surface area contributed by atoms with Gasteiger partial charge in [0.1, 0.15) is 0 Å². The molecule has 0 bridgehead atoms. The number of amides is 1. The van der Waals surface area contributed by atoms with Crippen molar-refractivity contribution < 1.29 is 10.0 Å². The van der Waals surface area contributed by atoms with Crippen molar-refractivity contribution in [1.29, 1.82) is 0 Å². The highest BCUT2D eigenvalue weighted by Gasteiger charge is 2.24. The van der Waals surface area contributed by atoms with Gasteiger partial charge in [-0.3, -0.25) is 14.9 Å². The first kappa shape index (κ1) is 20.4. The minimum atomic E-state index is -0.525. The fraction of sp³-hybridized carbons (Fsp3) is 0.320. The van der Waals surface area contributed by atoms with E-state index in [1.807, 2.05) is 12.1 Å². The molecule has 156 valence electrons. The largest absolute Gasteiger partial charge is 0.358 e. The number of piperidine rings is 1. The lowest BCUT2D eigenvalue weighted by atomic mass is 9.93. The number of aromatic amines is 1. The van der Waals surface area contributed by atoms with Crippen molar-refractivity contribution in [1.82, 2.24) is 15.4 Å². The number of aromatic nitrogens is 1. The Morgan fingerprint density at radius 1 is 1.20 bits per heavy atom. The number of aryl methyl sites for hydroxylation is 1. The van der Waals surface area contributed by atoms with Crippen molar-refractivity contribution in [2.24, 2.45) is 0 Å². The molecule has 1 atom stereocenters. The Morgan fingerprint density at radius 3 is 2.80 bits per heavy atom. The monoisotopic (exact) mass is 403 g/mol. The van der Waals surface area contributed by atoms with E-state index in [4.69, 9.17) is 5.21 Å². The molecule has 2 heterocycles. The molecule has 30 heavy (non-hydrogen) atoms. The summed E-state index contributed by atoms with van der Waals surface area (Å²) < 4.78 is 0. The molecule has 1 aliphatic heterocycles. The quantitative estimate of drug-likeness (QED) is 0.320. The molecule has 1 saturated heterocycles. The first-order chi connectivity index (χ1) is 14.6. The first-order valence-corrected chi connectivity index (χ1v) is 10.7. The summed E-state index contributed by atoms with van der Waals surface area (Å²) in [6.45, 7) is 4.25. The molecule has 5 nitrogen and oxygen atoms in total. The van der Waals surface area contributed by atoms with Crippen LogP contribution in [0.4, 0.5) is 0 Å². The molecule has 2 aromatic carbocycles. The number of para-hydroxylation sites is 1. The van der Waals surface area contributed by atoms with Gasteiger partial charge in [-0.15, -0.1) is 0 Å². The first-order valence-electron chi connectivity index (χ1n) is 10.7. The molecule has 1 unspecified atom stereocenters. The van der Waals surface area contributed by atoms with Crippen molar-refractivity contribution in [2.45, 2.75) is 45.2 Å². The van der Waals surface area contributed by atoms with E-state index in [1.165, 1.54) is 53.1 Å².